The number of unbranched alkanes of at least 4 members (excludes halogenated alkanes) is 35. The lowest BCUT2D eigenvalue weighted by atomic mass is 10.0. The number of carboxylic acid groups (broad SMARTS) is 1. The highest BCUT2D eigenvalue weighted by atomic mass is 16.7. The maximum Gasteiger partial charge on any atom is 0.361 e. The molecule has 107 heavy (non-hydrogen) atoms. The number of carboxylic acids is 1. The molecule has 2 unspecified atom stereocenters. The van der Waals surface area contributed by atoms with Crippen LogP contribution < -0.4 is 0 Å². The molecule has 0 aromatic rings. The lowest BCUT2D eigenvalue weighted by Gasteiger charge is -2.25. The average molecular weight is 1480 g/mol. The largest absolute Gasteiger partial charge is 0.477 e. The molecule has 0 fully saturated rings. The summed E-state index contributed by atoms with van der Waals surface area (Å²) >= 11 is 0. The van der Waals surface area contributed by atoms with Crippen LogP contribution in [-0.2, 0) is 33.3 Å². The maximum absolute atomic E-state index is 13.0. The number of quaternary nitrogens is 1. The summed E-state index contributed by atoms with van der Waals surface area (Å²) < 4.78 is 23.1. The Morgan fingerprint density at radius 2 is 0.505 bits per heavy atom. The highest BCUT2D eigenvalue weighted by molar-refractivity contribution is 5.71. The second-order valence-corrected chi connectivity index (χ2v) is 30.1. The molecule has 0 saturated carbocycles. The van der Waals surface area contributed by atoms with Crippen LogP contribution in [0.4, 0.5) is 0 Å². The van der Waals surface area contributed by atoms with E-state index in [2.05, 4.69) is 196 Å². The van der Waals surface area contributed by atoms with E-state index in [1.807, 2.05) is 21.1 Å². The molecule has 0 bridgehead atoms. The molecule has 9 nitrogen and oxygen atoms in total. The molecule has 2 atom stereocenters. The van der Waals surface area contributed by atoms with Crippen LogP contribution in [0.2, 0.25) is 0 Å². The van der Waals surface area contributed by atoms with Gasteiger partial charge in [-0.15, -0.1) is 0 Å². The molecular weight excluding hydrogens is 1320 g/mol. The Hall–Kier alpha value is -5.61. The van der Waals surface area contributed by atoms with Crippen molar-refractivity contribution in [1.82, 2.24) is 0 Å². The quantitative estimate of drug-likeness (QED) is 0.0211. The number of hydrogen-bond donors (Lipinski definition) is 1. The number of hydrogen-bond acceptors (Lipinski definition) is 7. The molecule has 1 N–H and O–H groups in total. The van der Waals surface area contributed by atoms with Gasteiger partial charge in [0, 0.05) is 12.8 Å². The third kappa shape index (κ3) is 87.5. The number of esters is 2. The van der Waals surface area contributed by atoms with Crippen LogP contribution >= 0.6 is 0 Å². The first-order valence-electron chi connectivity index (χ1n) is 43.9. The molecular formula is C98H164NO8+. The first kappa shape index (κ1) is 101. The summed E-state index contributed by atoms with van der Waals surface area (Å²) in [7, 11) is 5.99. The van der Waals surface area contributed by atoms with Crippen molar-refractivity contribution in [3.8, 4) is 0 Å². The van der Waals surface area contributed by atoms with Crippen molar-refractivity contribution in [3.63, 3.8) is 0 Å². The molecule has 0 saturated heterocycles. The van der Waals surface area contributed by atoms with Crippen LogP contribution in [0.15, 0.2) is 182 Å². The summed E-state index contributed by atoms with van der Waals surface area (Å²) in [6, 6.07) is 0. The minimum Gasteiger partial charge on any atom is -0.477 e. The third-order valence-electron chi connectivity index (χ3n) is 18.7. The lowest BCUT2D eigenvalue weighted by Crippen LogP contribution is -2.40. The van der Waals surface area contributed by atoms with Crippen molar-refractivity contribution in [2.75, 3.05) is 47.5 Å². The van der Waals surface area contributed by atoms with Crippen LogP contribution in [0.1, 0.15) is 361 Å². The van der Waals surface area contributed by atoms with Gasteiger partial charge in [-0.2, -0.15) is 0 Å². The molecule has 0 spiro atoms. The minimum absolute atomic E-state index is 0.183. The van der Waals surface area contributed by atoms with Gasteiger partial charge in [0.05, 0.1) is 34.4 Å². The molecule has 0 amide bonds. The Labute approximate surface area is 659 Å². The Kier molecular flexibility index (Phi) is 81.5. The van der Waals surface area contributed by atoms with E-state index in [1.54, 1.807) is 0 Å². The highest BCUT2D eigenvalue weighted by Gasteiger charge is 2.25. The number of likely N-dealkylation sites (N-methyl/N-ethyl adjacent to an activating group) is 1. The molecule has 0 heterocycles. The number of ether oxygens (including phenoxy) is 4. The van der Waals surface area contributed by atoms with Gasteiger partial charge >= 0.3 is 17.9 Å². The predicted octanol–water partition coefficient (Wildman–Crippen LogP) is 29.0. The Bertz CT molecular complexity index is 2430. The van der Waals surface area contributed by atoms with Gasteiger partial charge in [-0.25, -0.2) is 4.79 Å². The van der Waals surface area contributed by atoms with Gasteiger partial charge in [0.1, 0.15) is 13.2 Å². The molecule has 0 aliphatic carbocycles. The molecule has 0 aromatic heterocycles. The Morgan fingerprint density at radius 1 is 0.280 bits per heavy atom. The molecule has 0 radical (unpaired) electrons. The number of allylic oxidation sites excluding steroid dienone is 30. The van der Waals surface area contributed by atoms with Crippen molar-refractivity contribution < 1.29 is 42.9 Å². The Morgan fingerprint density at radius 3 is 0.748 bits per heavy atom. The van der Waals surface area contributed by atoms with Crippen molar-refractivity contribution in [2.45, 2.75) is 373 Å². The summed E-state index contributed by atoms with van der Waals surface area (Å²) in [5.41, 5.74) is 0. The van der Waals surface area contributed by atoms with Gasteiger partial charge in [-0.1, -0.05) is 395 Å². The number of carbonyl (C=O) groups excluding carboxylic acids is 2. The van der Waals surface area contributed by atoms with Crippen molar-refractivity contribution in [2.24, 2.45) is 0 Å². The van der Waals surface area contributed by atoms with Gasteiger partial charge in [0.15, 0.2) is 6.10 Å². The van der Waals surface area contributed by atoms with E-state index in [1.165, 1.54) is 193 Å². The van der Waals surface area contributed by atoms with Gasteiger partial charge in [0.25, 0.3) is 6.29 Å². The van der Waals surface area contributed by atoms with Crippen LogP contribution in [-0.4, -0.2) is 87.4 Å². The van der Waals surface area contributed by atoms with Crippen LogP contribution in [0.5, 0.6) is 0 Å². The molecule has 9 heteroatoms. The number of nitrogens with zero attached hydrogens (tertiary/aromatic N) is 1. The SMILES string of the molecule is CC/C=C\C/C=C\C/C=C\C/C=C\C/C=C\C/C=C\C/C=C\C/C=C\C/C=C\CCCCCCCCCCCCCCCC(=O)OC(COC(=O)CCCCCCCCCCCCCCCCCCCCCCCC/C=C\C/C=C\C/C=C\C/C=C\C/C=C\C/C=C\CC)COC(OCC[N+](C)(C)C)C(=O)O. The molecule has 0 rings (SSSR count). The van der Waals surface area contributed by atoms with Gasteiger partial charge in [0.2, 0.25) is 0 Å². The fraction of sp³-hybridized carbons (Fsp3) is 0.663. The van der Waals surface area contributed by atoms with Crippen molar-refractivity contribution in [1.29, 1.82) is 0 Å². The molecule has 0 aliphatic heterocycles. The van der Waals surface area contributed by atoms with Crippen LogP contribution in [0.3, 0.4) is 0 Å². The van der Waals surface area contributed by atoms with Gasteiger partial charge in [-0.3, -0.25) is 9.59 Å². The lowest BCUT2D eigenvalue weighted by molar-refractivity contribution is -0.870. The average Bonchev–Trinajstić information content (AvgIpc) is 0.965. The minimum atomic E-state index is -1.52. The van der Waals surface area contributed by atoms with Crippen molar-refractivity contribution >= 4 is 17.9 Å². The van der Waals surface area contributed by atoms with E-state index in [-0.39, 0.29) is 32.2 Å². The third-order valence-corrected chi connectivity index (χ3v) is 18.7. The van der Waals surface area contributed by atoms with Gasteiger partial charge < -0.3 is 28.5 Å². The van der Waals surface area contributed by atoms with Crippen LogP contribution in [0.25, 0.3) is 0 Å². The highest BCUT2D eigenvalue weighted by Crippen LogP contribution is 2.19. The molecule has 0 aromatic carbocycles. The van der Waals surface area contributed by atoms with Gasteiger partial charge in [-0.05, 0) is 135 Å². The van der Waals surface area contributed by atoms with Crippen LogP contribution in [0, 0.1) is 0 Å². The second-order valence-electron chi connectivity index (χ2n) is 30.1. The number of rotatable bonds is 80. The first-order valence-corrected chi connectivity index (χ1v) is 43.9. The number of carbonyl (C=O) groups is 3. The monoisotopic (exact) mass is 1480 g/mol. The van der Waals surface area contributed by atoms with E-state index >= 15 is 0 Å². The summed E-state index contributed by atoms with van der Waals surface area (Å²) in [6.07, 6.45) is 128. The smallest absolute Gasteiger partial charge is 0.361 e. The van der Waals surface area contributed by atoms with Crippen molar-refractivity contribution in [3.05, 3.63) is 182 Å². The second kappa shape index (κ2) is 86.0. The normalized spacial score (nSPS) is 13.5. The topological polar surface area (TPSA) is 108 Å². The maximum atomic E-state index is 13.0. The fourth-order valence-electron chi connectivity index (χ4n) is 12.1. The zero-order chi connectivity index (χ0) is 77.4. The zero-order valence-electron chi connectivity index (χ0n) is 69.7. The standard InChI is InChI=1S/C98H163NO8/c1-6-8-10-12-14-16-18-20-22-24-26-28-30-32-34-36-38-40-42-44-46-48-50-52-54-56-58-60-62-64-66-68-70-72-74-76-78-80-82-84-86-88-95(100)105-92-94(93-106-98(97(102)103)104-91-90-99(3,4)5)107-96(101)89-87-85-83-81-79-77-75-73-71-69-67-65-63-61-59-57-55-53-51-49-47-45-43-41-39-37-35-33-31-29-27-25-23-21-19-17-15-13-11-9-7-2/h8-11,14-17,20-23,26-29,32-35,38-41,45,47,51,53,57,59,94,98H,6-7,12-13,18-19,24-25,30-31,36-37,42-44,46,48-50,52,54-56,58,60-93H2,1-5H3/p+1/b10-8-,11-9-,16-14-,17-15-,22-20-,23-21-,28-26-,29-27-,34-32-,35-33-,40-38-,41-39-,47-45-,53-51-,59-57-. The fourth-order valence-corrected chi connectivity index (χ4v) is 12.1. The summed E-state index contributed by atoms with van der Waals surface area (Å²) in [4.78, 5) is 37.8. The number of aliphatic carboxylic acids is 1. The summed E-state index contributed by atoms with van der Waals surface area (Å²) in [5, 5.41) is 9.80. The van der Waals surface area contributed by atoms with E-state index < -0.39 is 24.3 Å². The molecule has 608 valence electrons. The van der Waals surface area contributed by atoms with E-state index in [0.717, 1.165) is 135 Å². The summed E-state index contributed by atoms with van der Waals surface area (Å²) in [5.74, 6) is -2.00. The Balaban J connectivity index is 4.01. The zero-order valence-corrected chi connectivity index (χ0v) is 69.7. The van der Waals surface area contributed by atoms with E-state index in [0.29, 0.717) is 23.9 Å². The predicted molar refractivity (Wildman–Crippen MR) is 465 cm³/mol. The van der Waals surface area contributed by atoms with E-state index in [9.17, 15) is 19.5 Å². The first-order chi connectivity index (χ1) is 52.6. The van der Waals surface area contributed by atoms with E-state index in [4.69, 9.17) is 18.9 Å². The summed E-state index contributed by atoms with van der Waals surface area (Å²) in [6.45, 7) is 4.67. The molecule has 0 aliphatic rings.